The number of hydrogen-bond donors (Lipinski definition) is 0. The first-order valence-electron chi connectivity index (χ1n) is 4.83. The average molecular weight is 257 g/mol. The molecule has 1 rings (SSSR count). The molecule has 17 heavy (non-hydrogen) atoms. The lowest BCUT2D eigenvalue weighted by molar-refractivity contribution is -0.138. The predicted molar refractivity (Wildman–Crippen MR) is 63.9 cm³/mol. The van der Waals surface area contributed by atoms with E-state index in [0.717, 1.165) is 5.56 Å². The first kappa shape index (κ1) is 13.4. The molecule has 0 aliphatic heterocycles. The van der Waals surface area contributed by atoms with Crippen LogP contribution in [0.25, 0.3) is 0 Å². The fourth-order valence-electron chi connectivity index (χ4n) is 1.17. The highest BCUT2D eigenvalue weighted by atomic mass is 35.5. The first-order chi connectivity index (χ1) is 8.08. The Bertz CT molecular complexity index is 440. The molecule has 0 saturated carbocycles. The number of methoxy groups -OCH3 is 2. The molecule has 92 valence electrons. The zero-order chi connectivity index (χ0) is 12.8. The van der Waals surface area contributed by atoms with Gasteiger partial charge in [0.2, 0.25) is 5.76 Å². The third-order valence-electron chi connectivity index (χ3n) is 1.97. The summed E-state index contributed by atoms with van der Waals surface area (Å²) in [6, 6.07) is 5.08. The van der Waals surface area contributed by atoms with Gasteiger partial charge in [0.25, 0.3) is 0 Å². The van der Waals surface area contributed by atoms with Gasteiger partial charge in [0, 0.05) is 5.02 Å². The molecule has 0 aliphatic carbocycles. The van der Waals surface area contributed by atoms with E-state index in [2.05, 4.69) is 4.74 Å². The summed E-state index contributed by atoms with van der Waals surface area (Å²) < 4.78 is 14.7. The van der Waals surface area contributed by atoms with Crippen LogP contribution in [0, 0.1) is 6.92 Å². The molecule has 0 saturated heterocycles. The number of halogens is 1. The van der Waals surface area contributed by atoms with Crippen LogP contribution >= 0.6 is 11.6 Å². The summed E-state index contributed by atoms with van der Waals surface area (Å²) in [6.07, 6.45) is 1.18. The third-order valence-corrected chi connectivity index (χ3v) is 2.20. The van der Waals surface area contributed by atoms with Crippen LogP contribution in [-0.2, 0) is 14.3 Å². The van der Waals surface area contributed by atoms with Crippen molar-refractivity contribution in [2.45, 2.75) is 6.92 Å². The zero-order valence-corrected chi connectivity index (χ0v) is 10.6. The second kappa shape index (κ2) is 6.15. The van der Waals surface area contributed by atoms with Gasteiger partial charge in [-0.1, -0.05) is 11.6 Å². The molecular formula is C12H13ClO4. The Labute approximate surface area is 105 Å². The smallest absolute Gasteiger partial charge is 0.377 e. The van der Waals surface area contributed by atoms with Gasteiger partial charge in [0.1, 0.15) is 12.0 Å². The van der Waals surface area contributed by atoms with E-state index in [1.54, 1.807) is 18.2 Å². The molecule has 4 nitrogen and oxygen atoms in total. The van der Waals surface area contributed by atoms with E-state index in [4.69, 9.17) is 21.1 Å². The Kier molecular flexibility index (Phi) is 4.84. The topological polar surface area (TPSA) is 44.8 Å². The van der Waals surface area contributed by atoms with Gasteiger partial charge in [-0.2, -0.15) is 0 Å². The van der Waals surface area contributed by atoms with E-state index >= 15 is 0 Å². The standard InChI is InChI=1S/C12H13ClO4/c1-8-6-9(13)4-5-10(8)17-11(7-15-2)12(14)16-3/h4-7H,1-3H3/b11-7+. The number of carbonyl (C=O) groups is 1. The Balaban J connectivity index is 2.94. The Hall–Kier alpha value is -1.68. The summed E-state index contributed by atoms with van der Waals surface area (Å²) >= 11 is 5.82. The molecule has 0 fully saturated rings. The van der Waals surface area contributed by atoms with Crippen LogP contribution in [0.3, 0.4) is 0 Å². The molecule has 5 heteroatoms. The van der Waals surface area contributed by atoms with Crippen LogP contribution in [0.15, 0.2) is 30.2 Å². The molecule has 0 radical (unpaired) electrons. The SMILES string of the molecule is CO/C=C(/Oc1ccc(Cl)cc1C)C(=O)OC. The van der Waals surface area contributed by atoms with Crippen molar-refractivity contribution in [3.05, 3.63) is 40.8 Å². The van der Waals surface area contributed by atoms with Gasteiger partial charge in [-0.15, -0.1) is 0 Å². The van der Waals surface area contributed by atoms with Gasteiger partial charge in [0.05, 0.1) is 14.2 Å². The maximum Gasteiger partial charge on any atom is 0.377 e. The Morgan fingerprint density at radius 3 is 2.59 bits per heavy atom. The summed E-state index contributed by atoms with van der Waals surface area (Å²) in [5.41, 5.74) is 0.809. The summed E-state index contributed by atoms with van der Waals surface area (Å²) in [7, 11) is 2.69. The fourth-order valence-corrected chi connectivity index (χ4v) is 1.39. The lowest BCUT2D eigenvalue weighted by Gasteiger charge is -2.10. The van der Waals surface area contributed by atoms with Crippen LogP contribution in [0.4, 0.5) is 0 Å². The maximum absolute atomic E-state index is 11.4. The Morgan fingerprint density at radius 2 is 2.06 bits per heavy atom. The number of hydrogen-bond acceptors (Lipinski definition) is 4. The molecule has 0 bridgehead atoms. The van der Waals surface area contributed by atoms with E-state index < -0.39 is 5.97 Å². The lowest BCUT2D eigenvalue weighted by Crippen LogP contribution is -2.11. The molecule has 0 aliphatic rings. The number of rotatable bonds is 4. The van der Waals surface area contributed by atoms with Crippen LogP contribution in [0.2, 0.25) is 5.02 Å². The van der Waals surface area contributed by atoms with Crippen molar-refractivity contribution in [3.63, 3.8) is 0 Å². The molecule has 0 atom stereocenters. The van der Waals surface area contributed by atoms with Crippen LogP contribution in [-0.4, -0.2) is 20.2 Å². The van der Waals surface area contributed by atoms with Crippen molar-refractivity contribution in [2.75, 3.05) is 14.2 Å². The molecule has 0 unspecified atom stereocenters. The normalized spacial score (nSPS) is 10.9. The van der Waals surface area contributed by atoms with E-state index in [-0.39, 0.29) is 5.76 Å². The van der Waals surface area contributed by atoms with E-state index in [9.17, 15) is 4.79 Å². The molecule has 0 spiro atoms. The van der Waals surface area contributed by atoms with Crippen LogP contribution in [0.5, 0.6) is 5.75 Å². The van der Waals surface area contributed by atoms with Gasteiger partial charge >= 0.3 is 5.97 Å². The quantitative estimate of drug-likeness (QED) is 0.472. The van der Waals surface area contributed by atoms with Crippen LogP contribution in [0.1, 0.15) is 5.56 Å². The number of aryl methyl sites for hydroxylation is 1. The van der Waals surface area contributed by atoms with Gasteiger partial charge in [-0.3, -0.25) is 0 Å². The van der Waals surface area contributed by atoms with Gasteiger partial charge in [0.15, 0.2) is 0 Å². The van der Waals surface area contributed by atoms with Crippen molar-refractivity contribution in [3.8, 4) is 5.75 Å². The second-order valence-corrected chi connectivity index (χ2v) is 3.66. The highest BCUT2D eigenvalue weighted by molar-refractivity contribution is 6.30. The highest BCUT2D eigenvalue weighted by Gasteiger charge is 2.14. The van der Waals surface area contributed by atoms with E-state index in [1.807, 2.05) is 6.92 Å². The summed E-state index contributed by atoms with van der Waals surface area (Å²) in [6.45, 7) is 1.82. The fraction of sp³-hybridized carbons (Fsp3) is 0.250. The molecule has 0 heterocycles. The predicted octanol–water partition coefficient (Wildman–Crippen LogP) is 2.69. The minimum absolute atomic E-state index is 0.0274. The monoisotopic (exact) mass is 256 g/mol. The average Bonchev–Trinajstić information content (AvgIpc) is 2.30. The van der Waals surface area contributed by atoms with Gasteiger partial charge in [-0.25, -0.2) is 4.79 Å². The van der Waals surface area contributed by atoms with E-state index in [0.29, 0.717) is 10.8 Å². The van der Waals surface area contributed by atoms with Crippen molar-refractivity contribution in [1.82, 2.24) is 0 Å². The van der Waals surface area contributed by atoms with E-state index in [1.165, 1.54) is 20.5 Å². The molecular weight excluding hydrogens is 244 g/mol. The van der Waals surface area contributed by atoms with Crippen molar-refractivity contribution in [2.24, 2.45) is 0 Å². The van der Waals surface area contributed by atoms with Crippen molar-refractivity contribution >= 4 is 17.6 Å². The number of esters is 1. The molecule has 0 amide bonds. The lowest BCUT2D eigenvalue weighted by atomic mass is 10.2. The Morgan fingerprint density at radius 1 is 1.35 bits per heavy atom. The highest BCUT2D eigenvalue weighted by Crippen LogP contribution is 2.23. The summed E-state index contributed by atoms with van der Waals surface area (Å²) in [5, 5.41) is 0.602. The van der Waals surface area contributed by atoms with Gasteiger partial charge < -0.3 is 14.2 Å². The number of carbonyl (C=O) groups excluding carboxylic acids is 1. The maximum atomic E-state index is 11.4. The minimum atomic E-state index is -0.610. The van der Waals surface area contributed by atoms with Crippen molar-refractivity contribution < 1.29 is 19.0 Å². The minimum Gasteiger partial charge on any atom is -0.500 e. The summed E-state index contributed by atoms with van der Waals surface area (Å²) in [4.78, 5) is 11.4. The molecule has 0 N–H and O–H groups in total. The first-order valence-corrected chi connectivity index (χ1v) is 5.21. The largest absolute Gasteiger partial charge is 0.500 e. The molecule has 0 aromatic heterocycles. The second-order valence-electron chi connectivity index (χ2n) is 3.22. The van der Waals surface area contributed by atoms with Crippen LogP contribution < -0.4 is 4.74 Å². The molecule has 1 aromatic carbocycles. The van der Waals surface area contributed by atoms with Crippen molar-refractivity contribution in [1.29, 1.82) is 0 Å². The number of benzene rings is 1. The number of ether oxygens (including phenoxy) is 3. The zero-order valence-electron chi connectivity index (χ0n) is 9.82. The third kappa shape index (κ3) is 3.67. The molecule has 1 aromatic rings. The van der Waals surface area contributed by atoms with Gasteiger partial charge in [-0.05, 0) is 30.7 Å². The summed E-state index contributed by atoms with van der Waals surface area (Å²) in [5.74, 6) is -0.121.